The molecule has 0 heterocycles. The van der Waals surface area contributed by atoms with E-state index in [0.29, 0.717) is 0 Å². The minimum Gasteiger partial charge on any atom is -0.311 e. The van der Waals surface area contributed by atoms with Crippen LogP contribution >= 0.6 is 0 Å². The first-order chi connectivity index (χ1) is 11.7. The van der Waals surface area contributed by atoms with Crippen molar-refractivity contribution in [1.29, 1.82) is 0 Å². The summed E-state index contributed by atoms with van der Waals surface area (Å²) in [5, 5.41) is 0. The first-order valence-corrected chi connectivity index (χ1v) is 9.10. The van der Waals surface area contributed by atoms with Gasteiger partial charge >= 0.3 is 0 Å². The maximum absolute atomic E-state index is 12.8. The van der Waals surface area contributed by atoms with Crippen molar-refractivity contribution in [3.8, 4) is 0 Å². The average molecular weight is 362 g/mol. The Kier molecular flexibility index (Phi) is 5.62. The lowest BCUT2D eigenvalue weighted by Gasteiger charge is -2.19. The van der Waals surface area contributed by atoms with Crippen LogP contribution in [0.3, 0.4) is 0 Å². The summed E-state index contributed by atoms with van der Waals surface area (Å²) >= 11 is 0. The van der Waals surface area contributed by atoms with Crippen molar-refractivity contribution < 1.29 is 18.0 Å². The molecule has 0 spiro atoms. The van der Waals surface area contributed by atoms with Crippen molar-refractivity contribution in [1.82, 2.24) is 4.47 Å². The maximum atomic E-state index is 12.8. The molecule has 0 fully saturated rings. The SMILES string of the molecule is CON(C)S(=O)(=O)c1cccc(C(=O)N(C)c2cc(C)cc(C)c2)c1. The Hall–Kier alpha value is -2.22. The molecule has 0 aromatic heterocycles. The van der Waals surface area contributed by atoms with Gasteiger partial charge in [0.15, 0.2) is 0 Å². The van der Waals surface area contributed by atoms with E-state index in [9.17, 15) is 13.2 Å². The fourth-order valence-electron chi connectivity index (χ4n) is 2.49. The number of benzene rings is 2. The molecule has 2 aromatic rings. The second kappa shape index (κ2) is 7.35. The third-order valence-corrected chi connectivity index (χ3v) is 5.55. The molecule has 0 unspecified atom stereocenters. The monoisotopic (exact) mass is 362 g/mol. The highest BCUT2D eigenvalue weighted by Gasteiger charge is 2.23. The molecule has 0 aliphatic heterocycles. The van der Waals surface area contributed by atoms with Gasteiger partial charge in [0, 0.05) is 25.3 Å². The van der Waals surface area contributed by atoms with Gasteiger partial charge in [0.1, 0.15) is 0 Å². The predicted octanol–water partition coefficient (Wildman–Crippen LogP) is 2.76. The predicted molar refractivity (Wildman–Crippen MR) is 97.0 cm³/mol. The van der Waals surface area contributed by atoms with Gasteiger partial charge in [-0.15, -0.1) is 0 Å². The Morgan fingerprint density at radius 3 is 2.16 bits per heavy atom. The summed E-state index contributed by atoms with van der Waals surface area (Å²) in [6, 6.07) is 11.8. The fourth-order valence-corrected chi connectivity index (χ4v) is 3.51. The van der Waals surface area contributed by atoms with Gasteiger partial charge in [-0.2, -0.15) is 0 Å². The molecule has 1 amide bonds. The van der Waals surface area contributed by atoms with E-state index >= 15 is 0 Å². The van der Waals surface area contributed by atoms with Crippen LogP contribution in [0.15, 0.2) is 47.4 Å². The third-order valence-electron chi connectivity index (χ3n) is 3.87. The summed E-state index contributed by atoms with van der Waals surface area (Å²) in [5.74, 6) is -0.290. The van der Waals surface area contributed by atoms with Crippen LogP contribution in [-0.2, 0) is 14.9 Å². The third kappa shape index (κ3) is 4.07. The zero-order valence-electron chi connectivity index (χ0n) is 15.0. The maximum Gasteiger partial charge on any atom is 0.264 e. The minimum atomic E-state index is -3.81. The number of carbonyl (C=O) groups is 1. The minimum absolute atomic E-state index is 0.00322. The van der Waals surface area contributed by atoms with Crippen LogP contribution in [0.5, 0.6) is 0 Å². The van der Waals surface area contributed by atoms with E-state index in [4.69, 9.17) is 4.84 Å². The lowest BCUT2D eigenvalue weighted by atomic mass is 10.1. The second-order valence-corrected chi connectivity index (χ2v) is 7.77. The number of amides is 1. The number of hydrogen-bond acceptors (Lipinski definition) is 4. The van der Waals surface area contributed by atoms with Crippen LogP contribution in [0, 0.1) is 13.8 Å². The number of hydrogen-bond donors (Lipinski definition) is 0. The Morgan fingerprint density at radius 2 is 1.60 bits per heavy atom. The molecule has 0 aliphatic rings. The number of nitrogens with zero attached hydrogens (tertiary/aromatic N) is 2. The topological polar surface area (TPSA) is 66.9 Å². The summed E-state index contributed by atoms with van der Waals surface area (Å²) in [7, 11) is 0.419. The van der Waals surface area contributed by atoms with Gasteiger partial charge in [-0.25, -0.2) is 8.42 Å². The lowest BCUT2D eigenvalue weighted by Crippen LogP contribution is -2.28. The zero-order valence-corrected chi connectivity index (χ0v) is 15.8. The van der Waals surface area contributed by atoms with Crippen molar-refractivity contribution >= 4 is 21.6 Å². The molecule has 6 nitrogen and oxygen atoms in total. The van der Waals surface area contributed by atoms with E-state index in [1.807, 2.05) is 32.0 Å². The van der Waals surface area contributed by atoms with Gasteiger partial charge in [-0.1, -0.05) is 16.6 Å². The molecule has 2 rings (SSSR count). The lowest BCUT2D eigenvalue weighted by molar-refractivity contribution is -0.0258. The van der Waals surface area contributed by atoms with E-state index < -0.39 is 10.0 Å². The van der Waals surface area contributed by atoms with Crippen molar-refractivity contribution in [2.45, 2.75) is 18.7 Å². The van der Waals surface area contributed by atoms with Gasteiger partial charge in [-0.3, -0.25) is 9.63 Å². The molecule has 0 radical (unpaired) electrons. The van der Waals surface area contributed by atoms with Crippen molar-refractivity contribution in [2.24, 2.45) is 0 Å². The Balaban J connectivity index is 2.39. The molecule has 7 heteroatoms. The van der Waals surface area contributed by atoms with E-state index in [2.05, 4.69) is 0 Å². The van der Waals surface area contributed by atoms with E-state index in [0.717, 1.165) is 21.3 Å². The molecule has 2 aromatic carbocycles. The Bertz CT molecular complexity index is 873. The number of carbonyl (C=O) groups excluding carboxylic acids is 1. The van der Waals surface area contributed by atoms with E-state index in [-0.39, 0.29) is 16.4 Å². The zero-order chi connectivity index (χ0) is 18.8. The van der Waals surface area contributed by atoms with Gasteiger partial charge < -0.3 is 4.90 Å². The molecule has 0 bridgehead atoms. The molecule has 25 heavy (non-hydrogen) atoms. The summed E-state index contributed by atoms with van der Waals surface area (Å²) in [5.41, 5.74) is 3.14. The molecule has 0 saturated heterocycles. The van der Waals surface area contributed by atoms with Crippen LogP contribution in [0.2, 0.25) is 0 Å². The summed E-state index contributed by atoms with van der Waals surface area (Å²) in [4.78, 5) is 19.0. The molecule has 134 valence electrons. The van der Waals surface area contributed by atoms with E-state index in [1.54, 1.807) is 19.2 Å². The van der Waals surface area contributed by atoms with Gasteiger partial charge in [0.25, 0.3) is 15.9 Å². The first-order valence-electron chi connectivity index (χ1n) is 7.66. The summed E-state index contributed by atoms with van der Waals surface area (Å²) in [6.07, 6.45) is 0. The van der Waals surface area contributed by atoms with Crippen LogP contribution < -0.4 is 4.90 Å². The average Bonchev–Trinajstić information content (AvgIpc) is 2.58. The van der Waals surface area contributed by atoms with Crippen LogP contribution in [-0.4, -0.2) is 40.0 Å². The molecule has 0 N–H and O–H groups in total. The van der Waals surface area contributed by atoms with Gasteiger partial charge in [0.05, 0.1) is 12.0 Å². The van der Waals surface area contributed by atoms with Crippen LogP contribution in [0.25, 0.3) is 0 Å². The van der Waals surface area contributed by atoms with E-state index in [1.165, 1.54) is 31.2 Å². The fraction of sp³-hybridized carbons (Fsp3) is 0.278. The summed E-state index contributed by atoms with van der Waals surface area (Å²) < 4.78 is 25.4. The van der Waals surface area contributed by atoms with Crippen LogP contribution in [0.4, 0.5) is 5.69 Å². The number of anilines is 1. The van der Waals surface area contributed by atoms with Crippen molar-refractivity contribution in [2.75, 3.05) is 26.1 Å². The highest BCUT2D eigenvalue weighted by Crippen LogP contribution is 2.21. The molecular formula is C18H22N2O4S. The molecule has 0 atom stereocenters. The molecule has 0 aliphatic carbocycles. The highest BCUT2D eigenvalue weighted by molar-refractivity contribution is 7.89. The summed E-state index contributed by atoms with van der Waals surface area (Å²) in [6.45, 7) is 3.92. The normalized spacial score (nSPS) is 11.6. The molecule has 0 saturated carbocycles. The number of aryl methyl sites for hydroxylation is 2. The molecular weight excluding hydrogens is 340 g/mol. The second-order valence-electron chi connectivity index (χ2n) is 5.84. The standard InChI is InChI=1S/C18H22N2O4S/c1-13-9-14(2)11-16(10-13)19(3)18(21)15-7-6-8-17(12-15)25(22,23)20(4)24-5/h6-12H,1-5H3. The Labute approximate surface area is 148 Å². The largest absolute Gasteiger partial charge is 0.311 e. The van der Waals surface area contributed by atoms with Gasteiger partial charge in [-0.05, 0) is 55.3 Å². The highest BCUT2D eigenvalue weighted by atomic mass is 32.2. The van der Waals surface area contributed by atoms with Crippen molar-refractivity contribution in [3.63, 3.8) is 0 Å². The number of hydroxylamine groups is 1. The smallest absolute Gasteiger partial charge is 0.264 e. The Morgan fingerprint density at radius 1 is 1.00 bits per heavy atom. The quantitative estimate of drug-likeness (QED) is 0.767. The number of rotatable bonds is 5. The number of sulfonamides is 1. The van der Waals surface area contributed by atoms with Crippen molar-refractivity contribution in [3.05, 3.63) is 59.2 Å². The first kappa shape index (κ1) is 19.1. The van der Waals surface area contributed by atoms with Crippen LogP contribution in [0.1, 0.15) is 21.5 Å². The van der Waals surface area contributed by atoms with Gasteiger partial charge in [0.2, 0.25) is 0 Å².